The zero-order valence-corrected chi connectivity index (χ0v) is 12.9. The van der Waals surface area contributed by atoms with Crippen LogP contribution >= 0.6 is 15.9 Å². The van der Waals surface area contributed by atoms with E-state index in [9.17, 15) is 0 Å². The summed E-state index contributed by atoms with van der Waals surface area (Å²) in [5.41, 5.74) is 3.59. The average molecular weight is 339 g/mol. The number of aromatic nitrogens is 3. The zero-order valence-electron chi connectivity index (χ0n) is 11.3. The van der Waals surface area contributed by atoms with Crippen molar-refractivity contribution in [2.75, 3.05) is 0 Å². The molecule has 0 saturated heterocycles. The van der Waals surface area contributed by atoms with Crippen molar-refractivity contribution in [3.8, 4) is 22.5 Å². The van der Waals surface area contributed by atoms with Crippen LogP contribution in [0.4, 0.5) is 5.69 Å². The van der Waals surface area contributed by atoms with Gasteiger partial charge in [-0.2, -0.15) is 0 Å². The first kappa shape index (κ1) is 13.5. The minimum Gasteiger partial charge on any atom is -0.317 e. The topological polar surface area (TPSA) is 35.1 Å². The molecule has 0 spiro atoms. The summed E-state index contributed by atoms with van der Waals surface area (Å²) in [5, 5.41) is 8.10. The van der Waals surface area contributed by atoms with Crippen LogP contribution in [0.3, 0.4) is 0 Å². The van der Waals surface area contributed by atoms with Crippen LogP contribution in [0.5, 0.6) is 0 Å². The number of rotatable bonds is 2. The first-order valence-corrected chi connectivity index (χ1v) is 7.10. The van der Waals surface area contributed by atoms with E-state index in [1.165, 1.54) is 0 Å². The van der Waals surface area contributed by atoms with Gasteiger partial charge in [0.1, 0.15) is 6.33 Å². The number of aryl methyl sites for hydroxylation is 1. The number of halogens is 1. The van der Waals surface area contributed by atoms with Crippen LogP contribution < -0.4 is 0 Å². The van der Waals surface area contributed by atoms with Gasteiger partial charge in [0, 0.05) is 17.1 Å². The van der Waals surface area contributed by atoms with Crippen molar-refractivity contribution in [3.63, 3.8) is 0 Å². The maximum Gasteiger partial charge on any atom is 0.188 e. The van der Waals surface area contributed by atoms with E-state index in [1.807, 2.05) is 54.1 Å². The smallest absolute Gasteiger partial charge is 0.188 e. The molecule has 0 radical (unpaired) electrons. The molecule has 1 aromatic heterocycles. The summed E-state index contributed by atoms with van der Waals surface area (Å²) in [5.74, 6) is 0.746. The van der Waals surface area contributed by atoms with E-state index in [4.69, 9.17) is 6.57 Å². The third kappa shape index (κ3) is 2.58. The van der Waals surface area contributed by atoms with E-state index in [-0.39, 0.29) is 0 Å². The summed E-state index contributed by atoms with van der Waals surface area (Å²) in [7, 11) is 1.89. The van der Waals surface area contributed by atoms with E-state index in [2.05, 4.69) is 31.0 Å². The molecule has 5 heteroatoms. The van der Waals surface area contributed by atoms with Crippen LogP contribution in [0.2, 0.25) is 0 Å². The fourth-order valence-corrected chi connectivity index (χ4v) is 2.62. The third-order valence-electron chi connectivity index (χ3n) is 3.22. The lowest BCUT2D eigenvalue weighted by molar-refractivity contribution is 0.920. The number of hydrogen-bond acceptors (Lipinski definition) is 2. The Bertz CT molecular complexity index is 845. The summed E-state index contributed by atoms with van der Waals surface area (Å²) < 4.78 is 2.86. The molecule has 3 aromatic rings. The van der Waals surface area contributed by atoms with Crippen LogP contribution in [0.25, 0.3) is 27.4 Å². The van der Waals surface area contributed by atoms with Crippen LogP contribution in [-0.2, 0) is 7.05 Å². The lowest BCUT2D eigenvalue weighted by atomic mass is 9.98. The molecule has 4 nitrogen and oxygen atoms in total. The summed E-state index contributed by atoms with van der Waals surface area (Å²) in [6, 6.07) is 13.7. The molecule has 0 unspecified atom stereocenters. The molecule has 1 heterocycles. The van der Waals surface area contributed by atoms with Crippen LogP contribution in [0.1, 0.15) is 0 Å². The Labute approximate surface area is 131 Å². The van der Waals surface area contributed by atoms with E-state index in [0.29, 0.717) is 5.69 Å². The van der Waals surface area contributed by atoms with Gasteiger partial charge in [0.2, 0.25) is 0 Å². The highest BCUT2D eigenvalue weighted by atomic mass is 79.9. The first-order valence-electron chi connectivity index (χ1n) is 6.31. The summed E-state index contributed by atoms with van der Waals surface area (Å²) in [4.78, 5) is 3.51. The normalized spacial score (nSPS) is 10.3. The fraction of sp³-hybridized carbons (Fsp3) is 0.0625. The Morgan fingerprint density at radius 1 is 1.14 bits per heavy atom. The molecule has 0 fully saturated rings. The zero-order chi connectivity index (χ0) is 14.8. The molecule has 0 N–H and O–H groups in total. The Hall–Kier alpha value is -2.45. The number of nitrogens with zero attached hydrogens (tertiary/aromatic N) is 4. The minimum absolute atomic E-state index is 0.590. The Kier molecular flexibility index (Phi) is 3.55. The number of hydrogen-bond donors (Lipinski definition) is 0. The van der Waals surface area contributed by atoms with Gasteiger partial charge in [-0.05, 0) is 29.3 Å². The molecule has 21 heavy (non-hydrogen) atoms. The van der Waals surface area contributed by atoms with Gasteiger partial charge in [-0.1, -0.05) is 40.2 Å². The van der Waals surface area contributed by atoms with Crippen molar-refractivity contribution < 1.29 is 0 Å². The summed E-state index contributed by atoms with van der Waals surface area (Å²) >= 11 is 3.49. The predicted octanol–water partition coefficient (Wildman–Crippen LogP) is 4.46. The number of benzene rings is 2. The van der Waals surface area contributed by atoms with Gasteiger partial charge in [0.05, 0.1) is 6.57 Å². The van der Waals surface area contributed by atoms with Gasteiger partial charge in [-0.25, -0.2) is 4.85 Å². The molecule has 0 aliphatic heterocycles. The average Bonchev–Trinajstić information content (AvgIpc) is 2.92. The van der Waals surface area contributed by atoms with Crippen molar-refractivity contribution in [1.29, 1.82) is 0 Å². The third-order valence-corrected chi connectivity index (χ3v) is 3.71. The first-order chi connectivity index (χ1) is 10.2. The van der Waals surface area contributed by atoms with E-state index < -0.39 is 0 Å². The molecule has 0 bridgehead atoms. The molecule has 0 atom stereocenters. The predicted molar refractivity (Wildman–Crippen MR) is 85.8 cm³/mol. The second-order valence-electron chi connectivity index (χ2n) is 4.62. The lowest BCUT2D eigenvalue weighted by Gasteiger charge is -2.10. The second kappa shape index (κ2) is 5.51. The SMILES string of the molecule is [C-]#[N+]c1ccc(-c2cccc(Br)c2)c(-c2nncn2C)c1. The van der Waals surface area contributed by atoms with Gasteiger partial charge in [-0.15, -0.1) is 10.2 Å². The Morgan fingerprint density at radius 2 is 2.00 bits per heavy atom. The monoisotopic (exact) mass is 338 g/mol. The maximum atomic E-state index is 7.20. The maximum absolute atomic E-state index is 7.20. The van der Waals surface area contributed by atoms with Crippen molar-refractivity contribution in [2.45, 2.75) is 0 Å². The summed E-state index contributed by atoms with van der Waals surface area (Å²) in [6.07, 6.45) is 1.66. The van der Waals surface area contributed by atoms with Gasteiger partial charge in [-0.3, -0.25) is 0 Å². The molecule has 0 aliphatic carbocycles. The Morgan fingerprint density at radius 3 is 2.67 bits per heavy atom. The molecule has 3 rings (SSSR count). The molecule has 0 aliphatic rings. The van der Waals surface area contributed by atoms with Crippen molar-refractivity contribution in [3.05, 3.63) is 64.7 Å². The van der Waals surface area contributed by atoms with E-state index in [1.54, 1.807) is 6.33 Å². The molecular weight excluding hydrogens is 328 g/mol. The summed E-state index contributed by atoms with van der Waals surface area (Å²) in [6.45, 7) is 7.20. The molecule has 2 aromatic carbocycles. The van der Waals surface area contributed by atoms with E-state index >= 15 is 0 Å². The Balaban J connectivity index is 2.26. The highest BCUT2D eigenvalue weighted by molar-refractivity contribution is 9.10. The molecule has 0 amide bonds. The van der Waals surface area contributed by atoms with Gasteiger partial charge in [0.25, 0.3) is 0 Å². The van der Waals surface area contributed by atoms with E-state index in [0.717, 1.165) is 27.0 Å². The molecular formula is C16H11BrN4. The molecule has 102 valence electrons. The second-order valence-corrected chi connectivity index (χ2v) is 5.53. The lowest BCUT2D eigenvalue weighted by Crippen LogP contribution is -1.94. The highest BCUT2D eigenvalue weighted by Crippen LogP contribution is 2.34. The molecule has 0 saturated carbocycles. The van der Waals surface area contributed by atoms with Crippen LogP contribution in [0, 0.1) is 6.57 Å². The van der Waals surface area contributed by atoms with Gasteiger partial charge in [0.15, 0.2) is 11.5 Å². The highest BCUT2D eigenvalue weighted by Gasteiger charge is 2.13. The van der Waals surface area contributed by atoms with Crippen molar-refractivity contribution in [1.82, 2.24) is 14.8 Å². The van der Waals surface area contributed by atoms with Crippen molar-refractivity contribution in [2.24, 2.45) is 7.05 Å². The van der Waals surface area contributed by atoms with Gasteiger partial charge < -0.3 is 4.57 Å². The van der Waals surface area contributed by atoms with Crippen molar-refractivity contribution >= 4 is 21.6 Å². The van der Waals surface area contributed by atoms with Crippen LogP contribution in [0.15, 0.2) is 53.3 Å². The van der Waals surface area contributed by atoms with Gasteiger partial charge >= 0.3 is 0 Å². The quantitative estimate of drug-likeness (QED) is 0.646. The minimum atomic E-state index is 0.590. The largest absolute Gasteiger partial charge is 0.317 e. The standard InChI is InChI=1S/C16H11BrN4/c1-18-13-6-7-14(11-4-3-5-12(17)8-11)15(9-13)16-20-19-10-21(16)2/h3-10H,2H3. The fourth-order valence-electron chi connectivity index (χ4n) is 2.22. The van der Waals surface area contributed by atoms with Crippen LogP contribution in [-0.4, -0.2) is 14.8 Å².